The average molecular weight is 295 g/mol. The van der Waals surface area contributed by atoms with Gasteiger partial charge in [-0.25, -0.2) is 0 Å². The monoisotopic (exact) mass is 295 g/mol. The van der Waals surface area contributed by atoms with Crippen molar-refractivity contribution in [2.24, 2.45) is 17.8 Å². The Hall–Kier alpha value is -0.900. The van der Waals surface area contributed by atoms with E-state index in [1.807, 2.05) is 0 Å². The van der Waals surface area contributed by atoms with Crippen LogP contribution in [0, 0.1) is 17.8 Å². The molecule has 4 nitrogen and oxygen atoms in total. The van der Waals surface area contributed by atoms with Gasteiger partial charge in [0, 0.05) is 25.9 Å². The van der Waals surface area contributed by atoms with Crippen LogP contribution in [-0.2, 0) is 14.3 Å². The van der Waals surface area contributed by atoms with E-state index in [0.29, 0.717) is 43.7 Å². The molecule has 4 heteroatoms. The van der Waals surface area contributed by atoms with Crippen molar-refractivity contribution in [3.63, 3.8) is 0 Å². The lowest BCUT2D eigenvalue weighted by molar-refractivity contribution is -0.143. The van der Waals surface area contributed by atoms with Crippen molar-refractivity contribution in [1.29, 1.82) is 0 Å². The van der Waals surface area contributed by atoms with Crippen molar-refractivity contribution in [3.8, 4) is 0 Å². The molecule has 3 unspecified atom stereocenters. The first-order valence-corrected chi connectivity index (χ1v) is 8.38. The molecular formula is C17H29NO3. The maximum absolute atomic E-state index is 12.2. The van der Waals surface area contributed by atoms with Crippen LogP contribution in [0.4, 0.5) is 0 Å². The van der Waals surface area contributed by atoms with Gasteiger partial charge in [-0.2, -0.15) is 0 Å². The number of hydrogen-bond donors (Lipinski definition) is 0. The van der Waals surface area contributed by atoms with E-state index in [1.165, 1.54) is 12.8 Å². The fourth-order valence-corrected chi connectivity index (χ4v) is 3.58. The number of ether oxygens (including phenoxy) is 1. The summed E-state index contributed by atoms with van der Waals surface area (Å²) in [4.78, 5) is 25.2. The topological polar surface area (TPSA) is 46.6 Å². The van der Waals surface area contributed by atoms with E-state index in [4.69, 9.17) is 4.74 Å². The van der Waals surface area contributed by atoms with Gasteiger partial charge in [0.2, 0.25) is 5.91 Å². The Balaban J connectivity index is 1.82. The Kier molecular flexibility index (Phi) is 5.80. The van der Waals surface area contributed by atoms with Gasteiger partial charge in [-0.05, 0) is 30.6 Å². The molecule has 1 heterocycles. The molecule has 0 aromatic rings. The van der Waals surface area contributed by atoms with Crippen LogP contribution in [0.15, 0.2) is 0 Å². The molecule has 120 valence electrons. The number of rotatable bonds is 4. The van der Waals surface area contributed by atoms with E-state index < -0.39 is 0 Å². The van der Waals surface area contributed by atoms with Crippen molar-refractivity contribution < 1.29 is 14.3 Å². The number of Topliss-reactive ketones (excluding diaryl/α,β-unsaturated/α-hetero) is 1. The number of hydrogen-bond acceptors (Lipinski definition) is 3. The molecule has 1 aliphatic heterocycles. The molecule has 0 spiro atoms. The van der Waals surface area contributed by atoms with Crippen molar-refractivity contribution in [1.82, 2.24) is 4.90 Å². The maximum atomic E-state index is 12.2. The van der Waals surface area contributed by atoms with Gasteiger partial charge in [-0.1, -0.05) is 27.2 Å². The first-order valence-electron chi connectivity index (χ1n) is 8.38. The molecule has 0 aromatic carbocycles. The second kappa shape index (κ2) is 7.39. The zero-order valence-corrected chi connectivity index (χ0v) is 13.6. The molecule has 1 saturated carbocycles. The summed E-state index contributed by atoms with van der Waals surface area (Å²) >= 11 is 0. The van der Waals surface area contributed by atoms with Crippen LogP contribution < -0.4 is 0 Å². The molecule has 2 fully saturated rings. The average Bonchev–Trinajstić information content (AvgIpc) is 2.45. The lowest BCUT2D eigenvalue weighted by atomic mass is 9.75. The van der Waals surface area contributed by atoms with Gasteiger partial charge in [0.15, 0.2) is 0 Å². The number of ketones is 1. The van der Waals surface area contributed by atoms with Gasteiger partial charge < -0.3 is 9.64 Å². The molecule has 3 atom stereocenters. The molecule has 21 heavy (non-hydrogen) atoms. The minimum absolute atomic E-state index is 0.0447. The summed E-state index contributed by atoms with van der Waals surface area (Å²) in [6.07, 6.45) is 4.75. The molecule has 0 N–H and O–H groups in total. The van der Waals surface area contributed by atoms with E-state index in [1.54, 1.807) is 4.90 Å². The molecule has 1 amide bonds. The number of carbonyl (C=O) groups is 2. The highest BCUT2D eigenvalue weighted by Gasteiger charge is 2.32. The second-order valence-corrected chi connectivity index (χ2v) is 7.10. The highest BCUT2D eigenvalue weighted by molar-refractivity contribution is 5.83. The molecule has 0 bridgehead atoms. The number of likely N-dealkylation sites (tertiary alicyclic amines) is 1. The Morgan fingerprint density at radius 3 is 2.57 bits per heavy atom. The van der Waals surface area contributed by atoms with Gasteiger partial charge in [0.25, 0.3) is 0 Å². The first kappa shape index (κ1) is 16.5. The summed E-state index contributed by atoms with van der Waals surface area (Å²) in [5, 5.41) is 0. The molecule has 1 aliphatic carbocycles. The summed E-state index contributed by atoms with van der Waals surface area (Å²) < 4.78 is 5.99. The molecule has 0 radical (unpaired) electrons. The lowest BCUT2D eigenvalue weighted by Gasteiger charge is -2.37. The summed E-state index contributed by atoms with van der Waals surface area (Å²) in [7, 11) is 0. The van der Waals surface area contributed by atoms with Crippen LogP contribution in [0.25, 0.3) is 0 Å². The standard InChI is InChI=1S/C17H29NO3/c1-12(2)15-5-4-13(3)10-16(15)21-11-17(20)18-8-6-14(19)7-9-18/h12-13,15-16H,4-11H2,1-3H3. The fourth-order valence-electron chi connectivity index (χ4n) is 3.58. The lowest BCUT2D eigenvalue weighted by Crippen LogP contribution is -2.42. The third-order valence-corrected chi connectivity index (χ3v) is 5.06. The molecule has 2 rings (SSSR count). The minimum Gasteiger partial charge on any atom is -0.368 e. The van der Waals surface area contributed by atoms with Crippen LogP contribution >= 0.6 is 0 Å². The van der Waals surface area contributed by atoms with Crippen molar-refractivity contribution in [2.45, 2.75) is 59.0 Å². The summed E-state index contributed by atoms with van der Waals surface area (Å²) in [5.74, 6) is 2.17. The van der Waals surface area contributed by atoms with Crippen LogP contribution in [0.3, 0.4) is 0 Å². The van der Waals surface area contributed by atoms with E-state index in [-0.39, 0.29) is 24.4 Å². The number of amides is 1. The summed E-state index contributed by atoms with van der Waals surface area (Å²) in [6, 6.07) is 0. The Labute approximate surface area is 128 Å². The predicted octanol–water partition coefficient (Wildman–Crippen LogP) is 2.66. The smallest absolute Gasteiger partial charge is 0.248 e. The zero-order valence-electron chi connectivity index (χ0n) is 13.6. The van der Waals surface area contributed by atoms with Crippen LogP contribution in [0.1, 0.15) is 52.9 Å². The predicted molar refractivity (Wildman–Crippen MR) is 81.9 cm³/mol. The molecular weight excluding hydrogens is 266 g/mol. The van der Waals surface area contributed by atoms with Crippen molar-refractivity contribution in [2.75, 3.05) is 19.7 Å². The van der Waals surface area contributed by atoms with Crippen molar-refractivity contribution in [3.05, 3.63) is 0 Å². The maximum Gasteiger partial charge on any atom is 0.248 e. The quantitative estimate of drug-likeness (QED) is 0.801. The van der Waals surface area contributed by atoms with Crippen LogP contribution in [0.5, 0.6) is 0 Å². The van der Waals surface area contributed by atoms with E-state index in [0.717, 1.165) is 6.42 Å². The van der Waals surface area contributed by atoms with Crippen molar-refractivity contribution >= 4 is 11.7 Å². The summed E-state index contributed by atoms with van der Waals surface area (Å²) in [5.41, 5.74) is 0. The Morgan fingerprint density at radius 2 is 1.95 bits per heavy atom. The van der Waals surface area contributed by atoms with Gasteiger partial charge in [0.05, 0.1) is 6.10 Å². The summed E-state index contributed by atoms with van der Waals surface area (Å²) in [6.45, 7) is 8.06. The van der Waals surface area contributed by atoms with Gasteiger partial charge >= 0.3 is 0 Å². The molecule has 0 aromatic heterocycles. The third kappa shape index (κ3) is 4.53. The highest BCUT2D eigenvalue weighted by atomic mass is 16.5. The largest absolute Gasteiger partial charge is 0.368 e. The van der Waals surface area contributed by atoms with Gasteiger partial charge in [0.1, 0.15) is 12.4 Å². The number of piperidine rings is 1. The second-order valence-electron chi connectivity index (χ2n) is 7.10. The van der Waals surface area contributed by atoms with Gasteiger partial charge in [-0.15, -0.1) is 0 Å². The van der Waals surface area contributed by atoms with Crippen LogP contribution in [-0.4, -0.2) is 42.4 Å². The highest BCUT2D eigenvalue weighted by Crippen LogP contribution is 2.35. The van der Waals surface area contributed by atoms with E-state index in [2.05, 4.69) is 20.8 Å². The SMILES string of the molecule is CC1CCC(C(C)C)C(OCC(=O)N2CCC(=O)CC2)C1. The fraction of sp³-hybridized carbons (Fsp3) is 0.882. The normalized spacial score (nSPS) is 30.8. The van der Waals surface area contributed by atoms with Crippen LogP contribution in [0.2, 0.25) is 0 Å². The first-order chi connectivity index (χ1) is 9.97. The minimum atomic E-state index is 0.0447. The van der Waals surface area contributed by atoms with E-state index >= 15 is 0 Å². The van der Waals surface area contributed by atoms with E-state index in [9.17, 15) is 9.59 Å². The Bertz CT molecular complexity index is 370. The van der Waals surface area contributed by atoms with Gasteiger partial charge in [-0.3, -0.25) is 9.59 Å². The molecule has 1 saturated heterocycles. The third-order valence-electron chi connectivity index (χ3n) is 5.06. The molecule has 2 aliphatic rings. The number of nitrogens with zero attached hydrogens (tertiary/aromatic N) is 1. The Morgan fingerprint density at radius 1 is 1.29 bits per heavy atom. The number of carbonyl (C=O) groups excluding carboxylic acids is 2. The zero-order chi connectivity index (χ0) is 15.4.